The van der Waals surface area contributed by atoms with Crippen LogP contribution in [0.4, 0.5) is 13.2 Å². The summed E-state index contributed by atoms with van der Waals surface area (Å²) in [7, 11) is 0. The molecule has 2 aliphatic rings. The van der Waals surface area contributed by atoms with Crippen molar-refractivity contribution in [2.75, 3.05) is 0 Å². The van der Waals surface area contributed by atoms with E-state index in [0.717, 1.165) is 42.7 Å². The molecule has 0 aromatic heterocycles. The topological polar surface area (TPSA) is 20.2 Å². The Hall–Kier alpha value is -1.47. The Balaban J connectivity index is 1.32. The highest BCUT2D eigenvalue weighted by atomic mass is 19.4. The number of hydrogen-bond donors (Lipinski definition) is 1. The van der Waals surface area contributed by atoms with Crippen molar-refractivity contribution in [2.24, 2.45) is 23.7 Å². The van der Waals surface area contributed by atoms with Gasteiger partial charge in [-0.15, -0.1) is 0 Å². The minimum absolute atomic E-state index is 0.505. The van der Waals surface area contributed by atoms with E-state index in [0.29, 0.717) is 17.9 Å². The van der Waals surface area contributed by atoms with Crippen LogP contribution in [0.25, 0.3) is 0 Å². The Morgan fingerprint density at radius 1 is 0.818 bits per heavy atom. The van der Waals surface area contributed by atoms with E-state index in [2.05, 4.69) is 18.8 Å². The van der Waals surface area contributed by atoms with E-state index in [-0.39, 0.29) is 0 Å². The first-order valence-corrected chi connectivity index (χ1v) is 13.2. The van der Waals surface area contributed by atoms with Gasteiger partial charge in [0, 0.05) is 5.56 Å². The van der Waals surface area contributed by atoms with E-state index >= 15 is 0 Å². The predicted molar refractivity (Wildman–Crippen MR) is 129 cm³/mol. The van der Waals surface area contributed by atoms with Gasteiger partial charge in [0.05, 0.1) is 5.56 Å². The first kappa shape index (κ1) is 26.1. The van der Waals surface area contributed by atoms with E-state index in [1.807, 2.05) is 0 Å². The fourth-order valence-corrected chi connectivity index (χ4v) is 5.81. The van der Waals surface area contributed by atoms with Gasteiger partial charge in [-0.2, -0.15) is 13.2 Å². The fourth-order valence-electron chi connectivity index (χ4n) is 5.81. The van der Waals surface area contributed by atoms with Crippen LogP contribution in [0.2, 0.25) is 0 Å². The lowest BCUT2D eigenvalue weighted by Gasteiger charge is -2.32. The Kier molecular flexibility index (Phi) is 10.2. The summed E-state index contributed by atoms with van der Waals surface area (Å²) in [5.41, 5.74) is -0.171. The van der Waals surface area contributed by atoms with Crippen molar-refractivity contribution < 1.29 is 18.3 Å². The van der Waals surface area contributed by atoms with Crippen molar-refractivity contribution in [2.45, 2.75) is 109 Å². The lowest BCUT2D eigenvalue weighted by molar-refractivity contribution is -0.137. The maximum Gasteiger partial charge on any atom is 0.416 e. The quantitative estimate of drug-likeness (QED) is 0.385. The van der Waals surface area contributed by atoms with Crippen LogP contribution in [-0.2, 0) is 6.18 Å². The summed E-state index contributed by atoms with van der Waals surface area (Å²) < 4.78 is 37.9. The van der Waals surface area contributed by atoms with Crippen LogP contribution in [0.5, 0.6) is 0 Å². The summed E-state index contributed by atoms with van der Waals surface area (Å²) in [4.78, 5) is 0. The van der Waals surface area contributed by atoms with Gasteiger partial charge in [0.2, 0.25) is 0 Å². The minimum Gasteiger partial charge on any atom is -0.380 e. The number of hydrogen-bond acceptors (Lipinski definition) is 1. The van der Waals surface area contributed by atoms with Crippen LogP contribution in [0.3, 0.4) is 0 Å². The maximum atomic E-state index is 12.6. The Bertz CT molecular complexity index is 742. The summed E-state index contributed by atoms with van der Waals surface area (Å²) in [6.45, 7) is 2.29. The normalized spacial score (nSPS) is 26.9. The fraction of sp³-hybridized carbons (Fsp3) is 0.724. The smallest absolute Gasteiger partial charge is 0.380 e. The average Bonchev–Trinajstić information content (AvgIpc) is 2.81. The summed E-state index contributed by atoms with van der Waals surface area (Å²) in [5, 5.41) is 10.3. The van der Waals surface area contributed by atoms with E-state index in [9.17, 15) is 18.3 Å². The number of unbranched alkanes of at least 4 members (excludes halogenated alkanes) is 1. The van der Waals surface area contributed by atoms with Gasteiger partial charge in [0.25, 0.3) is 0 Å². The highest BCUT2D eigenvalue weighted by Gasteiger charge is 2.30. The van der Waals surface area contributed by atoms with Gasteiger partial charge in [0.15, 0.2) is 0 Å². The molecule has 0 aliphatic heterocycles. The van der Waals surface area contributed by atoms with Crippen molar-refractivity contribution in [3.8, 4) is 11.8 Å². The monoisotopic (exact) mass is 462 g/mol. The number of benzene rings is 1. The van der Waals surface area contributed by atoms with Gasteiger partial charge in [-0.25, -0.2) is 0 Å². The first-order valence-electron chi connectivity index (χ1n) is 13.2. The summed E-state index contributed by atoms with van der Waals surface area (Å²) in [5.74, 6) is 8.94. The Labute approximate surface area is 198 Å². The van der Waals surface area contributed by atoms with Crippen molar-refractivity contribution in [3.63, 3.8) is 0 Å². The molecule has 0 bridgehead atoms. The number of rotatable bonds is 8. The van der Waals surface area contributed by atoms with E-state index < -0.39 is 17.8 Å². The Morgan fingerprint density at radius 3 is 1.79 bits per heavy atom. The molecule has 1 N–H and O–H groups in total. The molecule has 0 spiro atoms. The lowest BCUT2D eigenvalue weighted by atomic mass is 9.74. The average molecular weight is 463 g/mol. The zero-order valence-corrected chi connectivity index (χ0v) is 20.2. The van der Waals surface area contributed by atoms with Crippen LogP contribution in [0.15, 0.2) is 24.3 Å². The predicted octanol–water partition coefficient (Wildman–Crippen LogP) is 8.39. The molecule has 1 nitrogen and oxygen atoms in total. The molecule has 2 aliphatic carbocycles. The molecule has 1 aromatic rings. The SMILES string of the molecule is CCCC[C@H]1CC[C@H](CC[C@H]2CC[C@H](CC(O)C#Cc3ccc(C(F)(F)F)cc3)CC2)CC1. The van der Waals surface area contributed by atoms with Gasteiger partial charge in [-0.05, 0) is 54.4 Å². The molecular weight excluding hydrogens is 421 g/mol. The zero-order valence-electron chi connectivity index (χ0n) is 20.2. The van der Waals surface area contributed by atoms with E-state index in [1.54, 1.807) is 0 Å². The second-order valence-corrected chi connectivity index (χ2v) is 10.6. The highest BCUT2D eigenvalue weighted by molar-refractivity contribution is 5.37. The van der Waals surface area contributed by atoms with Crippen LogP contribution in [0.1, 0.15) is 108 Å². The molecule has 0 saturated heterocycles. The summed E-state index contributed by atoms with van der Waals surface area (Å²) in [6, 6.07) is 4.81. The minimum atomic E-state index is -4.34. The zero-order chi connectivity index (χ0) is 23.7. The van der Waals surface area contributed by atoms with E-state index in [4.69, 9.17) is 0 Å². The third kappa shape index (κ3) is 9.01. The molecule has 0 radical (unpaired) electrons. The van der Waals surface area contributed by atoms with Crippen LogP contribution in [-0.4, -0.2) is 11.2 Å². The van der Waals surface area contributed by atoms with Gasteiger partial charge in [-0.3, -0.25) is 0 Å². The molecule has 4 heteroatoms. The standard InChI is InChI=1S/C29H41F3O/c1-2-3-4-22-5-7-23(8-6-22)9-10-24-11-13-26(14-12-24)21-28(33)20-17-25-15-18-27(19-16-25)29(30,31)32/h15-16,18-19,22-24,26,28,33H,2-14,21H2,1H3/t22-,23-,24-,26-,28?. The first-order chi connectivity index (χ1) is 15.8. The molecule has 2 saturated carbocycles. The number of aliphatic hydroxyl groups excluding tert-OH is 1. The number of alkyl halides is 3. The van der Waals surface area contributed by atoms with Crippen LogP contribution >= 0.6 is 0 Å². The van der Waals surface area contributed by atoms with Crippen molar-refractivity contribution in [1.29, 1.82) is 0 Å². The molecule has 33 heavy (non-hydrogen) atoms. The second-order valence-electron chi connectivity index (χ2n) is 10.6. The number of halogens is 3. The van der Waals surface area contributed by atoms with Gasteiger partial charge >= 0.3 is 6.18 Å². The van der Waals surface area contributed by atoms with Crippen LogP contribution < -0.4 is 0 Å². The van der Waals surface area contributed by atoms with Crippen molar-refractivity contribution in [3.05, 3.63) is 35.4 Å². The second kappa shape index (κ2) is 12.8. The largest absolute Gasteiger partial charge is 0.416 e. The molecule has 0 amide bonds. The molecule has 2 fully saturated rings. The lowest BCUT2D eigenvalue weighted by Crippen LogP contribution is -2.20. The molecule has 1 atom stereocenters. The van der Waals surface area contributed by atoms with Crippen molar-refractivity contribution in [1.82, 2.24) is 0 Å². The molecule has 1 unspecified atom stereocenters. The summed E-state index contributed by atoms with van der Waals surface area (Å²) in [6.07, 6.45) is 13.2. The third-order valence-electron chi connectivity index (χ3n) is 8.03. The van der Waals surface area contributed by atoms with Gasteiger partial charge in [0.1, 0.15) is 6.10 Å². The maximum absolute atomic E-state index is 12.6. The third-order valence-corrected chi connectivity index (χ3v) is 8.03. The Morgan fingerprint density at radius 2 is 1.30 bits per heavy atom. The van der Waals surface area contributed by atoms with Gasteiger partial charge < -0.3 is 5.11 Å². The van der Waals surface area contributed by atoms with Gasteiger partial charge in [-0.1, -0.05) is 102 Å². The molecule has 1 aromatic carbocycles. The van der Waals surface area contributed by atoms with Crippen molar-refractivity contribution >= 4 is 0 Å². The van der Waals surface area contributed by atoms with Crippen LogP contribution in [0, 0.1) is 35.5 Å². The molecule has 3 rings (SSSR count). The van der Waals surface area contributed by atoms with E-state index in [1.165, 1.54) is 82.8 Å². The molecule has 184 valence electrons. The molecular formula is C29H41F3O. The summed E-state index contributed by atoms with van der Waals surface area (Å²) >= 11 is 0. The highest BCUT2D eigenvalue weighted by Crippen LogP contribution is 2.38. The number of aliphatic hydroxyl groups is 1. The molecule has 0 heterocycles.